The van der Waals surface area contributed by atoms with Gasteiger partial charge in [0.1, 0.15) is 0 Å². The monoisotopic (exact) mass is 224 g/mol. The van der Waals surface area contributed by atoms with E-state index in [1.54, 1.807) is 0 Å². The maximum absolute atomic E-state index is 3.50. The molecule has 94 valence electrons. The van der Waals surface area contributed by atoms with Crippen molar-refractivity contribution < 1.29 is 0 Å². The molecule has 0 bridgehead atoms. The van der Waals surface area contributed by atoms with E-state index in [9.17, 15) is 0 Å². The largest absolute Gasteiger partial charge is 0.317 e. The molecule has 0 aromatic rings. The second-order valence-electron chi connectivity index (χ2n) is 6.73. The maximum atomic E-state index is 3.50. The van der Waals surface area contributed by atoms with E-state index >= 15 is 0 Å². The van der Waals surface area contributed by atoms with Crippen LogP contribution in [0.1, 0.15) is 46.5 Å². The molecule has 0 amide bonds. The van der Waals surface area contributed by atoms with E-state index in [1.807, 2.05) is 0 Å². The zero-order valence-electron chi connectivity index (χ0n) is 11.3. The minimum absolute atomic E-state index is 0.557. The first-order valence-corrected chi connectivity index (χ1v) is 6.98. The Bertz CT molecular complexity index is 229. The van der Waals surface area contributed by atoms with E-state index in [0.717, 1.165) is 0 Å². The van der Waals surface area contributed by atoms with Crippen molar-refractivity contribution in [3.63, 3.8) is 0 Å². The van der Waals surface area contributed by atoms with Gasteiger partial charge in [-0.15, -0.1) is 0 Å². The summed E-state index contributed by atoms with van der Waals surface area (Å²) in [6.07, 6.45) is 5.48. The number of hydrogen-bond acceptors (Lipinski definition) is 2. The molecule has 0 unspecified atom stereocenters. The normalized spacial score (nSPS) is 29.4. The Morgan fingerprint density at radius 3 is 2.31 bits per heavy atom. The first kappa shape index (κ1) is 12.4. The van der Waals surface area contributed by atoms with E-state index in [1.165, 1.54) is 58.4 Å². The molecule has 1 N–H and O–H groups in total. The van der Waals surface area contributed by atoms with Gasteiger partial charge in [-0.3, -0.25) is 0 Å². The highest BCUT2D eigenvalue weighted by atomic mass is 15.2. The average Bonchev–Trinajstić information content (AvgIpc) is 2.59. The van der Waals surface area contributed by atoms with E-state index in [0.29, 0.717) is 10.8 Å². The molecule has 2 heterocycles. The van der Waals surface area contributed by atoms with Crippen LogP contribution < -0.4 is 5.32 Å². The lowest BCUT2D eigenvalue weighted by molar-refractivity contribution is 0.116. The van der Waals surface area contributed by atoms with Crippen molar-refractivity contribution in [1.82, 2.24) is 10.2 Å². The third-order valence-electron chi connectivity index (χ3n) is 4.73. The lowest BCUT2D eigenvalue weighted by Gasteiger charge is -2.40. The molecule has 2 nitrogen and oxygen atoms in total. The standard InChI is InChI=1S/C14H28N2/c1-4-14(5-8-15-9-6-14)12-16-10-7-13(2,3)11-16/h15H,4-12H2,1-3H3. The van der Waals surface area contributed by atoms with Crippen molar-refractivity contribution in [3.05, 3.63) is 0 Å². The fourth-order valence-corrected chi connectivity index (χ4v) is 3.41. The van der Waals surface area contributed by atoms with Crippen molar-refractivity contribution in [2.24, 2.45) is 10.8 Å². The summed E-state index contributed by atoms with van der Waals surface area (Å²) >= 11 is 0. The number of rotatable bonds is 3. The molecule has 0 aliphatic carbocycles. The fourth-order valence-electron chi connectivity index (χ4n) is 3.41. The van der Waals surface area contributed by atoms with Crippen molar-refractivity contribution in [3.8, 4) is 0 Å². The van der Waals surface area contributed by atoms with E-state index in [-0.39, 0.29) is 0 Å². The van der Waals surface area contributed by atoms with Crippen LogP contribution in [0.15, 0.2) is 0 Å². The highest BCUT2D eigenvalue weighted by Gasteiger charge is 2.36. The average molecular weight is 224 g/mol. The van der Waals surface area contributed by atoms with E-state index in [2.05, 4.69) is 31.0 Å². The molecule has 16 heavy (non-hydrogen) atoms. The predicted molar refractivity (Wildman–Crippen MR) is 69.7 cm³/mol. The lowest BCUT2D eigenvalue weighted by atomic mass is 9.76. The molecule has 2 fully saturated rings. The van der Waals surface area contributed by atoms with Crippen LogP contribution in [0.3, 0.4) is 0 Å². The molecule has 0 saturated carbocycles. The number of piperidine rings is 1. The molecule has 2 aliphatic rings. The molecule has 0 spiro atoms. The van der Waals surface area contributed by atoms with Gasteiger partial charge < -0.3 is 10.2 Å². The third kappa shape index (κ3) is 2.78. The Morgan fingerprint density at radius 2 is 1.81 bits per heavy atom. The first-order valence-electron chi connectivity index (χ1n) is 6.98. The molecule has 2 aliphatic heterocycles. The quantitative estimate of drug-likeness (QED) is 0.792. The highest BCUT2D eigenvalue weighted by Crippen LogP contribution is 2.37. The number of likely N-dealkylation sites (tertiary alicyclic amines) is 1. The van der Waals surface area contributed by atoms with Gasteiger partial charge in [0.15, 0.2) is 0 Å². The Balaban J connectivity index is 1.91. The lowest BCUT2D eigenvalue weighted by Crippen LogP contribution is -2.44. The summed E-state index contributed by atoms with van der Waals surface area (Å²) in [4.78, 5) is 2.72. The summed E-state index contributed by atoms with van der Waals surface area (Å²) in [5.41, 5.74) is 1.17. The fraction of sp³-hybridized carbons (Fsp3) is 1.00. The highest BCUT2D eigenvalue weighted by molar-refractivity contribution is 4.90. The molecule has 2 heteroatoms. The Hall–Kier alpha value is -0.0800. The van der Waals surface area contributed by atoms with Gasteiger partial charge >= 0.3 is 0 Å². The van der Waals surface area contributed by atoms with Crippen LogP contribution in [0, 0.1) is 10.8 Å². The number of nitrogens with one attached hydrogen (secondary N) is 1. The topological polar surface area (TPSA) is 15.3 Å². The van der Waals surface area contributed by atoms with E-state index in [4.69, 9.17) is 0 Å². The minimum Gasteiger partial charge on any atom is -0.317 e. The van der Waals surface area contributed by atoms with Crippen LogP contribution in [-0.4, -0.2) is 37.6 Å². The molecular formula is C14H28N2. The molecule has 0 aromatic heterocycles. The maximum Gasteiger partial charge on any atom is 0.00391 e. The van der Waals surface area contributed by atoms with Gasteiger partial charge in [-0.2, -0.15) is 0 Å². The van der Waals surface area contributed by atoms with Crippen molar-refractivity contribution in [2.75, 3.05) is 32.7 Å². The molecule has 0 atom stereocenters. The van der Waals surface area contributed by atoms with Crippen LogP contribution in [0.2, 0.25) is 0 Å². The Labute approximate surface area is 101 Å². The zero-order chi connectivity index (χ0) is 11.6. The van der Waals surface area contributed by atoms with Crippen molar-refractivity contribution >= 4 is 0 Å². The summed E-state index contributed by atoms with van der Waals surface area (Å²) in [7, 11) is 0. The summed E-state index contributed by atoms with van der Waals surface area (Å²) in [5, 5.41) is 3.50. The predicted octanol–water partition coefficient (Wildman–Crippen LogP) is 2.50. The number of hydrogen-bond donors (Lipinski definition) is 1. The smallest absolute Gasteiger partial charge is 0.00391 e. The summed E-state index contributed by atoms with van der Waals surface area (Å²) in [6.45, 7) is 13.6. The van der Waals surface area contributed by atoms with E-state index < -0.39 is 0 Å². The zero-order valence-corrected chi connectivity index (χ0v) is 11.3. The van der Waals surface area contributed by atoms with Gasteiger partial charge in [-0.05, 0) is 56.1 Å². The second-order valence-corrected chi connectivity index (χ2v) is 6.73. The van der Waals surface area contributed by atoms with Gasteiger partial charge in [-0.1, -0.05) is 20.8 Å². The molecule has 0 aromatic carbocycles. The van der Waals surface area contributed by atoms with Gasteiger partial charge in [0.2, 0.25) is 0 Å². The van der Waals surface area contributed by atoms with Crippen LogP contribution in [0.25, 0.3) is 0 Å². The van der Waals surface area contributed by atoms with Crippen molar-refractivity contribution in [2.45, 2.75) is 46.5 Å². The Kier molecular flexibility index (Phi) is 3.60. The first-order chi connectivity index (χ1) is 7.55. The van der Waals surface area contributed by atoms with Crippen LogP contribution in [-0.2, 0) is 0 Å². The van der Waals surface area contributed by atoms with Crippen LogP contribution >= 0.6 is 0 Å². The van der Waals surface area contributed by atoms with Gasteiger partial charge in [-0.25, -0.2) is 0 Å². The second kappa shape index (κ2) is 4.66. The van der Waals surface area contributed by atoms with Crippen LogP contribution in [0.4, 0.5) is 0 Å². The molecular weight excluding hydrogens is 196 g/mol. The van der Waals surface area contributed by atoms with Gasteiger partial charge in [0, 0.05) is 13.1 Å². The summed E-state index contributed by atoms with van der Waals surface area (Å²) < 4.78 is 0. The van der Waals surface area contributed by atoms with Gasteiger partial charge in [0.25, 0.3) is 0 Å². The summed E-state index contributed by atoms with van der Waals surface area (Å²) in [6, 6.07) is 0. The Morgan fingerprint density at radius 1 is 1.12 bits per heavy atom. The minimum atomic E-state index is 0.557. The van der Waals surface area contributed by atoms with Crippen LogP contribution in [0.5, 0.6) is 0 Å². The third-order valence-corrected chi connectivity index (χ3v) is 4.73. The number of nitrogens with zero attached hydrogens (tertiary/aromatic N) is 1. The molecule has 2 saturated heterocycles. The SMILES string of the molecule is CCC1(CN2CCC(C)(C)C2)CCNCC1. The summed E-state index contributed by atoms with van der Waals surface area (Å²) in [5.74, 6) is 0. The molecule has 2 rings (SSSR count). The van der Waals surface area contributed by atoms with Crippen molar-refractivity contribution in [1.29, 1.82) is 0 Å². The van der Waals surface area contributed by atoms with Gasteiger partial charge in [0.05, 0.1) is 0 Å². The molecule has 0 radical (unpaired) electrons.